The van der Waals surface area contributed by atoms with Crippen LogP contribution in [-0.2, 0) is 6.42 Å². The number of fused-ring (bicyclic) bond motifs is 9. The van der Waals surface area contributed by atoms with Gasteiger partial charge in [0.25, 0.3) is 0 Å². The molecule has 60 heavy (non-hydrogen) atoms. The van der Waals surface area contributed by atoms with Crippen LogP contribution in [0.5, 0.6) is 0 Å². The lowest BCUT2D eigenvalue weighted by Gasteiger charge is -2.19. The first-order valence-corrected chi connectivity index (χ1v) is 20.6. The second-order valence-corrected chi connectivity index (χ2v) is 15.6. The zero-order valence-corrected chi connectivity index (χ0v) is 33.0. The topological polar surface area (TPSA) is 38.4 Å². The average Bonchev–Trinajstić information content (AvgIpc) is 3.32. The molecule has 0 bridgehead atoms. The molecule has 282 valence electrons. The molecule has 2 heteroatoms. The van der Waals surface area contributed by atoms with Crippen LogP contribution in [0.3, 0.4) is 0 Å². The molecule has 0 aromatic heterocycles. The summed E-state index contributed by atoms with van der Waals surface area (Å²) in [5.74, 6) is 0.489. The van der Waals surface area contributed by atoms with Gasteiger partial charge in [-0.3, -0.25) is 0 Å². The van der Waals surface area contributed by atoms with Crippen LogP contribution >= 0.6 is 0 Å². The van der Waals surface area contributed by atoms with E-state index in [2.05, 4.69) is 188 Å². The monoisotopic (exact) mass is 764 g/mol. The van der Waals surface area contributed by atoms with Crippen LogP contribution in [0.4, 0.5) is 0 Å². The highest BCUT2D eigenvalue weighted by Crippen LogP contribution is 2.46. The highest BCUT2D eigenvalue weighted by molar-refractivity contribution is 6.28. The van der Waals surface area contributed by atoms with E-state index in [-0.39, 0.29) is 0 Å². The molecule has 0 heterocycles. The number of nitrogens with two attached hydrogens (primary N) is 1. The van der Waals surface area contributed by atoms with Gasteiger partial charge >= 0.3 is 0 Å². The highest BCUT2D eigenvalue weighted by atomic mass is 14.9. The summed E-state index contributed by atoms with van der Waals surface area (Å²) < 4.78 is 0. The summed E-state index contributed by atoms with van der Waals surface area (Å²) in [4.78, 5) is 5.11. The summed E-state index contributed by atoms with van der Waals surface area (Å²) in [6.45, 7) is 0. The van der Waals surface area contributed by atoms with Crippen LogP contribution in [0, 0.1) is 0 Å². The van der Waals surface area contributed by atoms with Gasteiger partial charge in [-0.15, -0.1) is 0 Å². The van der Waals surface area contributed by atoms with Gasteiger partial charge in [0, 0.05) is 5.56 Å². The largest absolute Gasteiger partial charge is 0.383 e. The Labute approximate surface area is 349 Å². The lowest BCUT2D eigenvalue weighted by atomic mass is 9.84. The van der Waals surface area contributed by atoms with Gasteiger partial charge in [0.2, 0.25) is 0 Å². The van der Waals surface area contributed by atoms with Crippen molar-refractivity contribution < 1.29 is 0 Å². The maximum Gasteiger partial charge on any atom is 0.131 e. The zero-order valence-electron chi connectivity index (χ0n) is 33.0. The van der Waals surface area contributed by atoms with Crippen molar-refractivity contribution in [3.05, 3.63) is 235 Å². The van der Waals surface area contributed by atoms with Crippen LogP contribution in [0.1, 0.15) is 16.7 Å². The Morgan fingerprint density at radius 2 is 0.900 bits per heavy atom. The molecule has 0 spiro atoms. The number of benzene rings is 11. The molecule has 0 radical (unpaired) electrons. The molecular formula is C58H40N2. The maximum atomic E-state index is 6.74. The molecule has 0 atom stereocenters. The number of allylic oxidation sites excluding steroid dienone is 1. The molecule has 11 aromatic carbocycles. The second-order valence-electron chi connectivity index (χ2n) is 15.6. The third kappa shape index (κ3) is 6.18. The van der Waals surface area contributed by atoms with E-state index in [0.29, 0.717) is 12.3 Å². The van der Waals surface area contributed by atoms with Crippen molar-refractivity contribution in [1.29, 1.82) is 0 Å². The Balaban J connectivity index is 1.04. The van der Waals surface area contributed by atoms with Crippen molar-refractivity contribution >= 4 is 76.2 Å². The van der Waals surface area contributed by atoms with Gasteiger partial charge in [-0.2, -0.15) is 0 Å². The molecule has 0 amide bonds. The first kappa shape index (κ1) is 35.4. The van der Waals surface area contributed by atoms with Crippen LogP contribution in [0.2, 0.25) is 0 Å². The molecule has 11 aromatic rings. The Morgan fingerprint density at radius 3 is 1.62 bits per heavy atom. The predicted octanol–water partition coefficient (Wildman–Crippen LogP) is 14.9. The third-order valence-corrected chi connectivity index (χ3v) is 12.1. The molecule has 0 aliphatic carbocycles. The summed E-state index contributed by atoms with van der Waals surface area (Å²) in [5, 5.41) is 15.0. The van der Waals surface area contributed by atoms with Crippen LogP contribution in [-0.4, -0.2) is 5.84 Å². The summed E-state index contributed by atoms with van der Waals surface area (Å²) in [5.41, 5.74) is 15.6. The van der Waals surface area contributed by atoms with E-state index in [9.17, 15) is 0 Å². The van der Waals surface area contributed by atoms with E-state index >= 15 is 0 Å². The second kappa shape index (κ2) is 14.8. The molecule has 0 saturated heterocycles. The molecular weight excluding hydrogens is 725 g/mol. The standard InChI is InChI=1S/C58H40N2/c59-58(44-17-5-2-6-18-44)60-54(36-24-38-23-32-47-45(37-38)31-34-49-46-19-9-7-13-39(46)29-33-50(47)49)41-25-27-43(28-26-41)56-52-22-12-11-21-51(52)55(42-15-3-1-4-16-42)53-35-30-40-14-8-10-20-48(40)57(53)56/h1-23,25-37H,24H2,(H2,59,60)/b54-36-. The van der Waals surface area contributed by atoms with Crippen molar-refractivity contribution in [2.75, 3.05) is 0 Å². The maximum absolute atomic E-state index is 6.74. The molecule has 0 aliphatic heterocycles. The number of amidine groups is 1. The minimum absolute atomic E-state index is 0.489. The van der Waals surface area contributed by atoms with Crippen molar-refractivity contribution in [3.63, 3.8) is 0 Å². The Morgan fingerprint density at radius 1 is 0.383 bits per heavy atom. The molecule has 11 rings (SSSR count). The zero-order chi connectivity index (χ0) is 40.0. The van der Waals surface area contributed by atoms with Gasteiger partial charge in [-0.25, -0.2) is 4.99 Å². The minimum atomic E-state index is 0.489. The lowest BCUT2D eigenvalue weighted by molar-refractivity contribution is 1.27. The van der Waals surface area contributed by atoms with Crippen molar-refractivity contribution in [2.24, 2.45) is 10.7 Å². The minimum Gasteiger partial charge on any atom is -0.383 e. The quantitative estimate of drug-likeness (QED) is 0.0746. The summed E-state index contributed by atoms with van der Waals surface area (Å²) >= 11 is 0. The van der Waals surface area contributed by atoms with Crippen LogP contribution < -0.4 is 5.73 Å². The molecule has 0 aliphatic rings. The molecule has 2 N–H and O–H groups in total. The first-order chi connectivity index (χ1) is 29.7. The van der Waals surface area contributed by atoms with Gasteiger partial charge in [0.15, 0.2) is 0 Å². The van der Waals surface area contributed by atoms with Crippen molar-refractivity contribution in [1.82, 2.24) is 0 Å². The fourth-order valence-corrected chi connectivity index (χ4v) is 9.22. The summed E-state index contributed by atoms with van der Waals surface area (Å²) in [7, 11) is 0. The van der Waals surface area contributed by atoms with E-state index in [1.807, 2.05) is 30.3 Å². The fraction of sp³-hybridized carbons (Fsp3) is 0.0172. The van der Waals surface area contributed by atoms with E-state index < -0.39 is 0 Å². The Kier molecular flexibility index (Phi) is 8.75. The predicted molar refractivity (Wildman–Crippen MR) is 258 cm³/mol. The Bertz CT molecular complexity index is 3490. The molecule has 0 unspecified atom stereocenters. The van der Waals surface area contributed by atoms with Crippen molar-refractivity contribution in [2.45, 2.75) is 6.42 Å². The highest BCUT2D eigenvalue weighted by Gasteiger charge is 2.19. The number of aliphatic imine (C=N–C) groups is 1. The SMILES string of the molecule is NC(=N/C(=C\Cc1ccc2c(ccc3c4ccccc4ccc23)c1)c1ccc(-c2c3ccccc3c(-c3ccccc3)c3ccc4ccccc4c23)cc1)c1ccccc1. The molecule has 0 fully saturated rings. The van der Waals surface area contributed by atoms with Gasteiger partial charge in [0.1, 0.15) is 5.84 Å². The number of rotatable bonds is 7. The third-order valence-electron chi connectivity index (χ3n) is 12.1. The fourth-order valence-electron chi connectivity index (χ4n) is 9.22. The van der Waals surface area contributed by atoms with E-state index in [4.69, 9.17) is 10.7 Å². The van der Waals surface area contributed by atoms with Gasteiger partial charge < -0.3 is 5.73 Å². The van der Waals surface area contributed by atoms with E-state index in [1.54, 1.807) is 0 Å². The van der Waals surface area contributed by atoms with Gasteiger partial charge in [0.05, 0.1) is 5.70 Å². The van der Waals surface area contributed by atoms with Crippen LogP contribution in [0.15, 0.2) is 223 Å². The first-order valence-electron chi connectivity index (χ1n) is 20.6. The van der Waals surface area contributed by atoms with E-state index in [1.165, 1.54) is 86.9 Å². The molecule has 0 saturated carbocycles. The summed E-state index contributed by atoms with van der Waals surface area (Å²) in [6.07, 6.45) is 2.92. The van der Waals surface area contributed by atoms with Crippen LogP contribution in [0.25, 0.3) is 92.6 Å². The number of nitrogens with zero attached hydrogens (tertiary/aromatic N) is 1. The lowest BCUT2D eigenvalue weighted by Crippen LogP contribution is -2.13. The van der Waals surface area contributed by atoms with Crippen molar-refractivity contribution in [3.8, 4) is 22.3 Å². The molecule has 2 nitrogen and oxygen atoms in total. The number of hydrogen-bond donors (Lipinski definition) is 1. The summed E-state index contributed by atoms with van der Waals surface area (Å²) in [6, 6.07) is 76.4. The van der Waals surface area contributed by atoms with Gasteiger partial charge in [-0.05, 0) is 104 Å². The smallest absolute Gasteiger partial charge is 0.131 e. The number of hydrogen-bond acceptors (Lipinski definition) is 1. The average molecular weight is 765 g/mol. The van der Waals surface area contributed by atoms with Gasteiger partial charge in [-0.1, -0.05) is 218 Å². The normalized spacial score (nSPS) is 12.3. The Hall–Kier alpha value is -7.81. The van der Waals surface area contributed by atoms with E-state index in [0.717, 1.165) is 22.4 Å².